The lowest BCUT2D eigenvalue weighted by Crippen LogP contribution is -2.04. The average molecular weight is 355 g/mol. The smallest absolute Gasteiger partial charge is 0.170 e. The topological polar surface area (TPSA) is 56.5 Å². The third kappa shape index (κ3) is 2.97. The van der Waals surface area contributed by atoms with Gasteiger partial charge >= 0.3 is 0 Å². The number of rotatable bonds is 4. The van der Waals surface area contributed by atoms with Crippen LogP contribution in [0.3, 0.4) is 0 Å². The van der Waals surface area contributed by atoms with Crippen molar-refractivity contribution in [2.75, 3.05) is 6.61 Å². The molecule has 27 heavy (non-hydrogen) atoms. The Bertz CT molecular complexity index is 1150. The number of aromatic nitrogens is 3. The summed E-state index contributed by atoms with van der Waals surface area (Å²) in [6.45, 7) is 0.750. The van der Waals surface area contributed by atoms with Crippen molar-refractivity contribution < 1.29 is 9.53 Å². The fourth-order valence-corrected chi connectivity index (χ4v) is 3.41. The largest absolute Gasteiger partial charge is 0.493 e. The molecule has 0 aliphatic carbocycles. The van der Waals surface area contributed by atoms with Crippen LogP contribution in [-0.4, -0.2) is 27.0 Å². The van der Waals surface area contributed by atoms with Gasteiger partial charge in [-0.25, -0.2) is 9.50 Å². The Morgan fingerprint density at radius 1 is 1.04 bits per heavy atom. The van der Waals surface area contributed by atoms with E-state index in [2.05, 4.69) is 22.2 Å². The quantitative estimate of drug-likeness (QED) is 0.523. The first-order valence-corrected chi connectivity index (χ1v) is 8.96. The molecule has 2 aromatic heterocycles. The highest BCUT2D eigenvalue weighted by Gasteiger charge is 2.14. The molecule has 4 aromatic rings. The molecule has 3 heterocycles. The summed E-state index contributed by atoms with van der Waals surface area (Å²) in [5.74, 6) is 1.52. The molecule has 1 aliphatic rings. The molecular weight excluding hydrogens is 338 g/mol. The molecule has 0 bridgehead atoms. The zero-order chi connectivity index (χ0) is 18.2. The lowest BCUT2D eigenvalue weighted by molar-refractivity contribution is 0.0991. The molecule has 0 unspecified atom stereocenters. The number of ketones is 1. The van der Waals surface area contributed by atoms with Gasteiger partial charge < -0.3 is 4.74 Å². The summed E-state index contributed by atoms with van der Waals surface area (Å²) in [6, 6.07) is 19.5. The van der Waals surface area contributed by atoms with E-state index in [4.69, 9.17) is 4.74 Å². The molecule has 0 atom stereocenters. The minimum Gasteiger partial charge on any atom is -0.493 e. The van der Waals surface area contributed by atoms with E-state index < -0.39 is 0 Å². The van der Waals surface area contributed by atoms with E-state index in [-0.39, 0.29) is 12.2 Å². The lowest BCUT2D eigenvalue weighted by Gasteiger charge is -2.04. The Hall–Kier alpha value is -3.47. The second-order valence-electron chi connectivity index (χ2n) is 6.64. The molecule has 5 heteroatoms. The van der Waals surface area contributed by atoms with Gasteiger partial charge in [0, 0.05) is 23.7 Å². The molecule has 2 aromatic carbocycles. The number of hydrogen-bond acceptors (Lipinski definition) is 4. The summed E-state index contributed by atoms with van der Waals surface area (Å²) in [7, 11) is 0. The van der Waals surface area contributed by atoms with Crippen LogP contribution in [0, 0.1) is 0 Å². The van der Waals surface area contributed by atoms with Gasteiger partial charge in [0.15, 0.2) is 17.3 Å². The van der Waals surface area contributed by atoms with Crippen molar-refractivity contribution in [3.05, 3.63) is 83.8 Å². The first-order valence-electron chi connectivity index (χ1n) is 8.96. The van der Waals surface area contributed by atoms with E-state index in [0.717, 1.165) is 35.6 Å². The number of nitrogens with zero attached hydrogens (tertiary/aromatic N) is 3. The van der Waals surface area contributed by atoms with E-state index in [9.17, 15) is 4.79 Å². The number of fused-ring (bicyclic) bond motifs is 2. The summed E-state index contributed by atoms with van der Waals surface area (Å²) in [4.78, 5) is 16.9. The highest BCUT2D eigenvalue weighted by Crippen LogP contribution is 2.30. The third-order valence-corrected chi connectivity index (χ3v) is 4.81. The molecular formula is C22H17N3O2. The standard InChI is InChI=1S/C22H17N3O2/c26-19(15-4-2-1-3-5-15)13-21-23-22-9-7-18(14-25(22)24-21)16-6-8-20-17(12-16)10-11-27-20/h1-9,12,14H,10-11,13H2. The molecule has 0 amide bonds. The Morgan fingerprint density at radius 2 is 1.89 bits per heavy atom. The van der Waals surface area contributed by atoms with Gasteiger partial charge in [-0.3, -0.25) is 4.79 Å². The van der Waals surface area contributed by atoms with Gasteiger partial charge in [-0.15, -0.1) is 0 Å². The third-order valence-electron chi connectivity index (χ3n) is 4.81. The fourth-order valence-electron chi connectivity index (χ4n) is 3.41. The van der Waals surface area contributed by atoms with Crippen molar-refractivity contribution >= 4 is 11.4 Å². The molecule has 0 radical (unpaired) electrons. The van der Waals surface area contributed by atoms with Crippen LogP contribution in [0.2, 0.25) is 0 Å². The van der Waals surface area contributed by atoms with Gasteiger partial charge in [0.25, 0.3) is 0 Å². The fraction of sp³-hybridized carbons (Fsp3) is 0.136. The number of pyridine rings is 1. The normalized spacial score (nSPS) is 12.7. The van der Waals surface area contributed by atoms with Crippen LogP contribution >= 0.6 is 0 Å². The monoisotopic (exact) mass is 355 g/mol. The van der Waals surface area contributed by atoms with Crippen molar-refractivity contribution in [2.24, 2.45) is 0 Å². The average Bonchev–Trinajstić information content (AvgIpc) is 3.33. The second kappa shape index (κ2) is 6.36. The van der Waals surface area contributed by atoms with Gasteiger partial charge in [0.2, 0.25) is 0 Å². The molecule has 0 fully saturated rings. The van der Waals surface area contributed by atoms with Crippen molar-refractivity contribution in [1.29, 1.82) is 0 Å². The van der Waals surface area contributed by atoms with E-state index in [1.165, 1.54) is 5.56 Å². The Kier molecular flexibility index (Phi) is 3.71. The van der Waals surface area contributed by atoms with Crippen LogP contribution in [0.5, 0.6) is 5.75 Å². The predicted octanol–water partition coefficient (Wildman–Crippen LogP) is 3.76. The zero-order valence-electron chi connectivity index (χ0n) is 14.6. The van der Waals surface area contributed by atoms with E-state index >= 15 is 0 Å². The molecule has 5 rings (SSSR count). The molecule has 132 valence electrons. The molecule has 5 nitrogen and oxygen atoms in total. The number of hydrogen-bond donors (Lipinski definition) is 0. The summed E-state index contributed by atoms with van der Waals surface area (Å²) >= 11 is 0. The predicted molar refractivity (Wildman–Crippen MR) is 102 cm³/mol. The van der Waals surface area contributed by atoms with Crippen LogP contribution in [0.25, 0.3) is 16.8 Å². The molecule has 1 aliphatic heterocycles. The van der Waals surface area contributed by atoms with Gasteiger partial charge in [-0.2, -0.15) is 5.10 Å². The van der Waals surface area contributed by atoms with E-state index in [1.807, 2.05) is 54.7 Å². The summed E-state index contributed by atoms with van der Waals surface area (Å²) in [5, 5.41) is 4.50. The SMILES string of the molecule is O=C(Cc1nc2ccc(-c3ccc4c(c3)CCO4)cn2n1)c1ccccc1. The van der Waals surface area contributed by atoms with Crippen LogP contribution in [0.1, 0.15) is 21.7 Å². The van der Waals surface area contributed by atoms with Gasteiger partial charge in [-0.1, -0.05) is 36.4 Å². The number of carbonyl (C=O) groups excluding carboxylic acids is 1. The maximum atomic E-state index is 12.4. The summed E-state index contributed by atoms with van der Waals surface area (Å²) < 4.78 is 7.32. The van der Waals surface area contributed by atoms with Gasteiger partial charge in [0.05, 0.1) is 13.0 Å². The molecule has 0 saturated carbocycles. The summed E-state index contributed by atoms with van der Waals surface area (Å²) in [5.41, 5.74) is 4.83. The number of benzene rings is 2. The van der Waals surface area contributed by atoms with Crippen molar-refractivity contribution in [3.8, 4) is 16.9 Å². The van der Waals surface area contributed by atoms with Gasteiger partial charge in [0.1, 0.15) is 5.75 Å². The van der Waals surface area contributed by atoms with E-state index in [0.29, 0.717) is 11.4 Å². The lowest BCUT2D eigenvalue weighted by atomic mass is 10.0. The molecule has 0 saturated heterocycles. The zero-order valence-corrected chi connectivity index (χ0v) is 14.6. The first kappa shape index (κ1) is 15.8. The van der Waals surface area contributed by atoms with Crippen molar-refractivity contribution in [2.45, 2.75) is 12.8 Å². The highest BCUT2D eigenvalue weighted by atomic mass is 16.5. The first-order chi connectivity index (χ1) is 13.3. The Balaban J connectivity index is 1.44. The van der Waals surface area contributed by atoms with Crippen LogP contribution in [-0.2, 0) is 12.8 Å². The molecule has 0 spiro atoms. The van der Waals surface area contributed by atoms with Crippen LogP contribution < -0.4 is 4.74 Å². The number of ether oxygens (including phenoxy) is 1. The Morgan fingerprint density at radius 3 is 2.78 bits per heavy atom. The van der Waals surface area contributed by atoms with Crippen molar-refractivity contribution in [3.63, 3.8) is 0 Å². The summed E-state index contributed by atoms with van der Waals surface area (Å²) in [6.07, 6.45) is 3.09. The maximum Gasteiger partial charge on any atom is 0.170 e. The van der Waals surface area contributed by atoms with Crippen LogP contribution in [0.15, 0.2) is 66.9 Å². The van der Waals surface area contributed by atoms with Gasteiger partial charge in [-0.05, 0) is 35.4 Å². The van der Waals surface area contributed by atoms with E-state index in [1.54, 1.807) is 4.52 Å². The number of Topliss-reactive ketones (excluding diaryl/α,β-unsaturated/α-hetero) is 1. The molecule has 0 N–H and O–H groups in total. The maximum absolute atomic E-state index is 12.4. The highest BCUT2D eigenvalue weighted by molar-refractivity contribution is 5.97. The minimum atomic E-state index is 0.0188. The second-order valence-corrected chi connectivity index (χ2v) is 6.64. The van der Waals surface area contributed by atoms with Crippen LogP contribution in [0.4, 0.5) is 0 Å². The van der Waals surface area contributed by atoms with Crippen molar-refractivity contribution in [1.82, 2.24) is 14.6 Å². The number of carbonyl (C=O) groups is 1. The minimum absolute atomic E-state index is 0.0188. The Labute approximate surface area is 156 Å².